The van der Waals surface area contributed by atoms with E-state index in [0.29, 0.717) is 18.3 Å². The van der Waals surface area contributed by atoms with Crippen LogP contribution in [0.3, 0.4) is 0 Å². The van der Waals surface area contributed by atoms with Gasteiger partial charge < -0.3 is 9.80 Å². The summed E-state index contributed by atoms with van der Waals surface area (Å²) in [4.78, 5) is 28.8. The van der Waals surface area contributed by atoms with Gasteiger partial charge in [0, 0.05) is 23.6 Å². The molecule has 2 atom stereocenters. The zero-order valence-corrected chi connectivity index (χ0v) is 18.0. The number of halogens is 1. The maximum atomic E-state index is 12.9. The molecule has 1 fully saturated rings. The first kappa shape index (κ1) is 18.8. The lowest BCUT2D eigenvalue weighted by Gasteiger charge is -2.37. The quantitative estimate of drug-likeness (QED) is 0.640. The number of nitrogens with one attached hydrogen (secondary N) is 1. The van der Waals surface area contributed by atoms with Crippen LogP contribution >= 0.6 is 15.9 Å². The number of amides is 3. The number of imide groups is 1. The van der Waals surface area contributed by atoms with Crippen molar-refractivity contribution in [2.24, 2.45) is 0 Å². The molecule has 1 aromatic heterocycles. The predicted molar refractivity (Wildman–Crippen MR) is 115 cm³/mol. The van der Waals surface area contributed by atoms with Gasteiger partial charge in [-0.25, -0.2) is 4.79 Å². The standard InChI is InChI=1S/C21H19BrN6O2/c1-12-5-3-4-6-14(12)11-27-16-18(29)23-21(30)26(2)19(16)28-17(24-25-20(27)28)13-7-9-15(22)10-8-13/h3-10,16,19H,11H2,1-2H3,(H,23,29,30). The van der Waals surface area contributed by atoms with E-state index in [1.165, 1.54) is 0 Å². The van der Waals surface area contributed by atoms with Crippen LogP contribution < -0.4 is 10.2 Å². The summed E-state index contributed by atoms with van der Waals surface area (Å²) >= 11 is 3.45. The van der Waals surface area contributed by atoms with Gasteiger partial charge in [0.05, 0.1) is 0 Å². The largest absolute Gasteiger partial charge is 0.325 e. The van der Waals surface area contributed by atoms with Crippen molar-refractivity contribution in [3.05, 3.63) is 64.1 Å². The minimum atomic E-state index is -0.591. The second-order valence-corrected chi connectivity index (χ2v) is 8.43. The number of hydrogen-bond donors (Lipinski definition) is 1. The second-order valence-electron chi connectivity index (χ2n) is 7.52. The van der Waals surface area contributed by atoms with Gasteiger partial charge >= 0.3 is 6.03 Å². The Labute approximate surface area is 181 Å². The Hall–Kier alpha value is -3.20. The van der Waals surface area contributed by atoms with Gasteiger partial charge in [-0.1, -0.05) is 52.3 Å². The summed E-state index contributed by atoms with van der Waals surface area (Å²) in [7, 11) is 1.69. The number of benzene rings is 2. The summed E-state index contributed by atoms with van der Waals surface area (Å²) in [6, 6.07) is 14.7. The highest BCUT2D eigenvalue weighted by Crippen LogP contribution is 2.41. The maximum absolute atomic E-state index is 12.9. The van der Waals surface area contributed by atoms with E-state index in [0.717, 1.165) is 21.2 Å². The Morgan fingerprint density at radius 1 is 1.07 bits per heavy atom. The van der Waals surface area contributed by atoms with Crippen molar-refractivity contribution in [1.82, 2.24) is 25.0 Å². The Kier molecular flexibility index (Phi) is 4.35. The maximum Gasteiger partial charge on any atom is 0.325 e. The number of aromatic nitrogens is 3. The number of anilines is 1. The Morgan fingerprint density at radius 3 is 2.53 bits per heavy atom. The summed E-state index contributed by atoms with van der Waals surface area (Å²) in [6.45, 7) is 2.53. The minimum Gasteiger partial charge on any atom is -0.321 e. The lowest BCUT2D eigenvalue weighted by atomic mass is 10.1. The highest BCUT2D eigenvalue weighted by molar-refractivity contribution is 9.10. The lowest BCUT2D eigenvalue weighted by molar-refractivity contribution is -0.124. The molecular formula is C21H19BrN6O2. The molecular weight excluding hydrogens is 448 g/mol. The molecule has 9 heteroatoms. The van der Waals surface area contributed by atoms with E-state index in [9.17, 15) is 9.59 Å². The van der Waals surface area contributed by atoms with Crippen molar-refractivity contribution in [3.63, 3.8) is 0 Å². The van der Waals surface area contributed by atoms with E-state index in [-0.39, 0.29) is 5.91 Å². The van der Waals surface area contributed by atoms with Crippen molar-refractivity contribution in [3.8, 4) is 11.4 Å². The normalized spacial score (nSPS) is 20.2. The van der Waals surface area contributed by atoms with Gasteiger partial charge in [-0.3, -0.25) is 14.7 Å². The average Bonchev–Trinajstić information content (AvgIpc) is 3.28. The predicted octanol–water partition coefficient (Wildman–Crippen LogP) is 3.09. The number of fused-ring (bicyclic) bond motifs is 3. The van der Waals surface area contributed by atoms with Crippen LogP contribution in [-0.4, -0.2) is 44.7 Å². The number of aryl methyl sites for hydroxylation is 1. The van der Waals surface area contributed by atoms with Crippen LogP contribution in [0.15, 0.2) is 53.0 Å². The molecule has 152 valence electrons. The summed E-state index contributed by atoms with van der Waals surface area (Å²) in [5.41, 5.74) is 3.08. The van der Waals surface area contributed by atoms with Gasteiger partial charge in [-0.15, -0.1) is 10.2 Å². The third-order valence-corrected chi connectivity index (χ3v) is 6.27. The number of carbonyl (C=O) groups excluding carboxylic acids is 2. The summed E-state index contributed by atoms with van der Waals surface area (Å²) in [5, 5.41) is 11.3. The molecule has 3 amide bonds. The molecule has 0 aliphatic carbocycles. The first-order valence-corrected chi connectivity index (χ1v) is 10.3. The van der Waals surface area contributed by atoms with Crippen molar-refractivity contribution in [2.75, 3.05) is 11.9 Å². The zero-order valence-electron chi connectivity index (χ0n) is 16.4. The molecule has 2 aromatic carbocycles. The van der Waals surface area contributed by atoms with Crippen molar-refractivity contribution in [2.45, 2.75) is 25.7 Å². The van der Waals surface area contributed by atoms with Crippen LogP contribution in [-0.2, 0) is 11.3 Å². The summed E-state index contributed by atoms with van der Waals surface area (Å²) in [5.74, 6) is 0.862. The number of likely N-dealkylation sites (N-methyl/N-ethyl adjacent to an activating group) is 1. The van der Waals surface area contributed by atoms with Gasteiger partial charge in [0.1, 0.15) is 6.17 Å². The van der Waals surface area contributed by atoms with Gasteiger partial charge in [-0.2, -0.15) is 0 Å². The van der Waals surface area contributed by atoms with Crippen LogP contribution in [0.4, 0.5) is 10.7 Å². The molecule has 2 aliphatic heterocycles. The van der Waals surface area contributed by atoms with E-state index < -0.39 is 18.2 Å². The highest BCUT2D eigenvalue weighted by Gasteiger charge is 2.52. The van der Waals surface area contributed by atoms with Crippen LogP contribution in [0.1, 0.15) is 17.3 Å². The van der Waals surface area contributed by atoms with Crippen LogP contribution in [0, 0.1) is 6.92 Å². The summed E-state index contributed by atoms with van der Waals surface area (Å²) < 4.78 is 2.85. The van der Waals surface area contributed by atoms with Gasteiger partial charge in [-0.05, 0) is 30.2 Å². The fourth-order valence-electron chi connectivity index (χ4n) is 4.13. The van der Waals surface area contributed by atoms with E-state index in [1.54, 1.807) is 11.9 Å². The van der Waals surface area contributed by atoms with Crippen molar-refractivity contribution in [1.29, 1.82) is 0 Å². The number of hydrogen-bond acceptors (Lipinski definition) is 5. The number of carbonyl (C=O) groups is 2. The first-order chi connectivity index (χ1) is 14.5. The molecule has 1 saturated heterocycles. The summed E-state index contributed by atoms with van der Waals surface area (Å²) in [6.07, 6.45) is -0.529. The topological polar surface area (TPSA) is 83.4 Å². The smallest absolute Gasteiger partial charge is 0.321 e. The monoisotopic (exact) mass is 466 g/mol. The molecule has 8 nitrogen and oxygen atoms in total. The average molecular weight is 467 g/mol. The van der Waals surface area contributed by atoms with E-state index >= 15 is 0 Å². The Bertz CT molecular complexity index is 1160. The molecule has 0 bridgehead atoms. The molecule has 2 unspecified atom stereocenters. The van der Waals surface area contributed by atoms with Crippen molar-refractivity contribution >= 4 is 33.8 Å². The molecule has 0 radical (unpaired) electrons. The fourth-order valence-corrected chi connectivity index (χ4v) is 4.40. The van der Waals surface area contributed by atoms with Gasteiger partial charge in [0.25, 0.3) is 5.91 Å². The highest BCUT2D eigenvalue weighted by atomic mass is 79.9. The van der Waals surface area contributed by atoms with Crippen LogP contribution in [0.25, 0.3) is 11.4 Å². The molecule has 2 aliphatic rings. The van der Waals surface area contributed by atoms with Gasteiger partial charge in [0.15, 0.2) is 11.9 Å². The molecule has 3 aromatic rings. The fraction of sp³-hybridized carbons (Fsp3) is 0.238. The third-order valence-electron chi connectivity index (χ3n) is 5.74. The SMILES string of the molecule is Cc1ccccc1CN1c2nnc(-c3ccc(Br)cc3)n2C2C1C(=O)NC(=O)N2C. The van der Waals surface area contributed by atoms with Crippen LogP contribution in [0.5, 0.6) is 0 Å². The van der Waals surface area contributed by atoms with E-state index in [1.807, 2.05) is 64.9 Å². The third kappa shape index (κ3) is 2.80. The van der Waals surface area contributed by atoms with Crippen LogP contribution in [0.2, 0.25) is 0 Å². The van der Waals surface area contributed by atoms with Crippen molar-refractivity contribution < 1.29 is 9.59 Å². The number of rotatable bonds is 3. The number of nitrogens with zero attached hydrogens (tertiary/aromatic N) is 5. The minimum absolute atomic E-state index is 0.330. The first-order valence-electron chi connectivity index (χ1n) is 9.55. The molecule has 0 saturated carbocycles. The molecule has 3 heterocycles. The molecule has 30 heavy (non-hydrogen) atoms. The lowest BCUT2D eigenvalue weighted by Crippen LogP contribution is -2.61. The number of urea groups is 1. The van der Waals surface area contributed by atoms with Gasteiger partial charge in [0.2, 0.25) is 5.95 Å². The zero-order chi connectivity index (χ0) is 21.0. The Balaban J connectivity index is 1.65. The Morgan fingerprint density at radius 2 is 1.80 bits per heavy atom. The molecule has 0 spiro atoms. The van der Waals surface area contributed by atoms with E-state index in [4.69, 9.17) is 0 Å². The van der Waals surface area contributed by atoms with E-state index in [2.05, 4.69) is 31.4 Å². The second kappa shape index (κ2) is 6.94. The molecule has 1 N–H and O–H groups in total. The molecule has 5 rings (SSSR count).